The van der Waals surface area contributed by atoms with Crippen molar-refractivity contribution in [2.24, 2.45) is 0 Å². The summed E-state index contributed by atoms with van der Waals surface area (Å²) in [5.74, 6) is 0. The molecule has 0 spiro atoms. The molecule has 1 aliphatic heterocycles. The van der Waals surface area contributed by atoms with Crippen LogP contribution in [0.1, 0.15) is 19.4 Å². The number of nitrogens with zero attached hydrogens (tertiary/aromatic N) is 2. The predicted molar refractivity (Wildman–Crippen MR) is 111 cm³/mol. The van der Waals surface area contributed by atoms with Crippen LogP contribution in [0.4, 0.5) is 17.1 Å². The molecule has 1 atom stereocenters. The summed E-state index contributed by atoms with van der Waals surface area (Å²) in [5.41, 5.74) is 4.33. The molecule has 0 amide bonds. The highest BCUT2D eigenvalue weighted by Crippen LogP contribution is 2.35. The van der Waals surface area contributed by atoms with Crippen LogP contribution in [0, 0.1) is 10.1 Å². The van der Waals surface area contributed by atoms with Crippen LogP contribution >= 0.6 is 0 Å². The predicted octanol–water partition coefficient (Wildman–Crippen LogP) is 2.39. The Kier molecular flexibility index (Phi) is 4.11. The second-order valence-corrected chi connectivity index (χ2v) is 7.68. The van der Waals surface area contributed by atoms with E-state index < -0.39 is 4.92 Å². The smallest absolute Gasteiger partial charge is 0.311 e. The lowest BCUT2D eigenvalue weighted by Gasteiger charge is -2.24. The fourth-order valence-electron chi connectivity index (χ4n) is 3.46. The maximum atomic E-state index is 11.5. The highest BCUT2D eigenvalue weighted by Gasteiger charge is 2.38. The third kappa shape index (κ3) is 3.26. The lowest BCUT2D eigenvalue weighted by atomic mass is 9.81. The Balaban J connectivity index is 1.73. The van der Waals surface area contributed by atoms with Crippen molar-refractivity contribution < 1.29 is 4.92 Å². The average molecular weight is 360 g/mol. The Morgan fingerprint density at radius 2 is 1.96 bits per heavy atom. The number of hydrogen-bond acceptors (Lipinski definition) is 5. The summed E-state index contributed by atoms with van der Waals surface area (Å²) in [4.78, 5) is 15.4. The van der Waals surface area contributed by atoms with Crippen LogP contribution in [0.2, 0.25) is 0 Å². The third-order valence-corrected chi connectivity index (χ3v) is 5.38. The van der Waals surface area contributed by atoms with E-state index in [9.17, 15) is 10.1 Å². The van der Waals surface area contributed by atoms with Crippen LogP contribution in [0.15, 0.2) is 48.7 Å². The molecule has 7 heteroatoms. The van der Waals surface area contributed by atoms with Gasteiger partial charge in [0.1, 0.15) is 19.7 Å². The SMILES string of the molecule is Bc1ccc2ncc([N+](=O)[O-])c(Nc3ccc(C(C)(C)C4CN4)cc3)c2c1. The zero-order chi connectivity index (χ0) is 19.2. The number of nitrogens with one attached hydrogen (secondary N) is 2. The number of pyridine rings is 1. The summed E-state index contributed by atoms with van der Waals surface area (Å²) in [6.45, 7) is 5.50. The van der Waals surface area contributed by atoms with E-state index >= 15 is 0 Å². The second kappa shape index (κ2) is 6.35. The highest BCUT2D eigenvalue weighted by atomic mass is 16.6. The molecule has 2 heterocycles. The van der Waals surface area contributed by atoms with Gasteiger partial charge >= 0.3 is 5.69 Å². The minimum absolute atomic E-state index is 0.0281. The summed E-state index contributed by atoms with van der Waals surface area (Å²) in [7, 11) is 1.96. The third-order valence-electron chi connectivity index (χ3n) is 5.38. The van der Waals surface area contributed by atoms with Gasteiger partial charge in [0, 0.05) is 29.1 Å². The molecule has 2 aromatic carbocycles. The quantitative estimate of drug-likeness (QED) is 0.316. The fourth-order valence-corrected chi connectivity index (χ4v) is 3.46. The summed E-state index contributed by atoms with van der Waals surface area (Å²) in [6.07, 6.45) is 1.32. The number of benzene rings is 2. The Labute approximate surface area is 158 Å². The molecule has 0 aliphatic carbocycles. The molecule has 1 aliphatic rings. The Hall–Kier alpha value is -2.93. The van der Waals surface area contributed by atoms with Gasteiger partial charge < -0.3 is 10.6 Å². The van der Waals surface area contributed by atoms with Crippen molar-refractivity contribution >= 4 is 41.3 Å². The Bertz CT molecular complexity index is 1030. The zero-order valence-electron chi connectivity index (χ0n) is 15.6. The second-order valence-electron chi connectivity index (χ2n) is 7.68. The molecule has 1 aromatic heterocycles. The number of fused-ring (bicyclic) bond motifs is 1. The molecule has 0 bridgehead atoms. The van der Waals surface area contributed by atoms with E-state index in [-0.39, 0.29) is 11.1 Å². The molecule has 0 radical (unpaired) electrons. The van der Waals surface area contributed by atoms with Crippen LogP contribution in [0.25, 0.3) is 10.9 Å². The molecule has 3 aromatic rings. The maximum Gasteiger partial charge on any atom is 0.311 e. The fraction of sp³-hybridized carbons (Fsp3) is 0.250. The van der Waals surface area contributed by atoms with Crippen molar-refractivity contribution in [1.29, 1.82) is 0 Å². The number of hydrogen-bond donors (Lipinski definition) is 2. The van der Waals surface area contributed by atoms with Crippen LogP contribution in [0.3, 0.4) is 0 Å². The van der Waals surface area contributed by atoms with E-state index in [0.717, 1.165) is 28.6 Å². The van der Waals surface area contributed by atoms with Gasteiger partial charge in [0.2, 0.25) is 0 Å². The first-order chi connectivity index (χ1) is 12.9. The minimum atomic E-state index is -0.395. The van der Waals surface area contributed by atoms with Crippen LogP contribution in [-0.2, 0) is 5.41 Å². The van der Waals surface area contributed by atoms with Crippen LogP contribution in [-0.4, -0.2) is 30.3 Å². The topological polar surface area (TPSA) is 90.0 Å². The first-order valence-electron chi connectivity index (χ1n) is 9.01. The van der Waals surface area contributed by atoms with Crippen molar-refractivity contribution in [3.05, 3.63) is 64.3 Å². The summed E-state index contributed by atoms with van der Waals surface area (Å²) in [6, 6.07) is 14.4. The van der Waals surface area contributed by atoms with Gasteiger partial charge in [-0.3, -0.25) is 10.1 Å². The zero-order valence-corrected chi connectivity index (χ0v) is 15.6. The first-order valence-corrected chi connectivity index (χ1v) is 9.01. The van der Waals surface area contributed by atoms with E-state index in [1.54, 1.807) is 0 Å². The molecule has 2 N–H and O–H groups in total. The van der Waals surface area contributed by atoms with Gasteiger partial charge in [0.05, 0.1) is 10.4 Å². The van der Waals surface area contributed by atoms with E-state index in [1.807, 2.05) is 38.2 Å². The van der Waals surface area contributed by atoms with E-state index in [4.69, 9.17) is 0 Å². The Morgan fingerprint density at radius 1 is 1.26 bits per heavy atom. The molecule has 0 saturated carbocycles. The van der Waals surface area contributed by atoms with Crippen molar-refractivity contribution in [3.63, 3.8) is 0 Å². The normalized spacial score (nSPS) is 16.3. The van der Waals surface area contributed by atoms with Gasteiger partial charge in [-0.15, -0.1) is 0 Å². The maximum absolute atomic E-state index is 11.5. The van der Waals surface area contributed by atoms with E-state index in [0.29, 0.717) is 11.7 Å². The van der Waals surface area contributed by atoms with Crippen LogP contribution in [0.5, 0.6) is 0 Å². The molecule has 6 nitrogen and oxygen atoms in total. The van der Waals surface area contributed by atoms with Crippen molar-refractivity contribution in [1.82, 2.24) is 10.3 Å². The van der Waals surface area contributed by atoms with Gasteiger partial charge in [-0.25, -0.2) is 4.98 Å². The average Bonchev–Trinajstić information content (AvgIpc) is 3.48. The van der Waals surface area contributed by atoms with Gasteiger partial charge in [-0.2, -0.15) is 0 Å². The summed E-state index contributed by atoms with van der Waals surface area (Å²) < 4.78 is 0. The van der Waals surface area contributed by atoms with Crippen molar-refractivity contribution in [3.8, 4) is 0 Å². The molecule has 136 valence electrons. The molecular weight excluding hydrogens is 339 g/mol. The summed E-state index contributed by atoms with van der Waals surface area (Å²) >= 11 is 0. The number of anilines is 2. The molecular formula is C20H21BN4O2. The van der Waals surface area contributed by atoms with Gasteiger partial charge in [0.25, 0.3) is 0 Å². The standard InChI is InChI=1S/C20H21BN4O2/c1-20(2,18-11-23-18)12-3-6-14(7-4-12)24-19-15-9-13(21)5-8-16(15)22-10-17(19)25(26)27/h3-10,18,23H,11,21H2,1-2H3,(H,22,24). The van der Waals surface area contributed by atoms with E-state index in [2.05, 4.69) is 41.6 Å². The monoisotopic (exact) mass is 360 g/mol. The molecule has 27 heavy (non-hydrogen) atoms. The number of aromatic nitrogens is 1. The summed E-state index contributed by atoms with van der Waals surface area (Å²) in [5, 5.41) is 18.9. The van der Waals surface area contributed by atoms with Gasteiger partial charge in [-0.1, -0.05) is 43.6 Å². The molecule has 1 saturated heterocycles. The van der Waals surface area contributed by atoms with Crippen molar-refractivity contribution in [2.75, 3.05) is 11.9 Å². The molecule has 1 fully saturated rings. The molecule has 4 rings (SSSR count). The largest absolute Gasteiger partial charge is 0.349 e. The first kappa shape index (κ1) is 17.5. The van der Waals surface area contributed by atoms with E-state index in [1.165, 1.54) is 11.8 Å². The van der Waals surface area contributed by atoms with Crippen molar-refractivity contribution in [2.45, 2.75) is 25.3 Å². The lowest BCUT2D eigenvalue weighted by Crippen LogP contribution is -2.26. The Morgan fingerprint density at radius 3 is 2.59 bits per heavy atom. The van der Waals surface area contributed by atoms with Gasteiger partial charge in [0.15, 0.2) is 0 Å². The van der Waals surface area contributed by atoms with Gasteiger partial charge in [-0.05, 0) is 23.8 Å². The number of rotatable bonds is 5. The number of nitro groups is 1. The van der Waals surface area contributed by atoms with Crippen LogP contribution < -0.4 is 16.1 Å². The highest BCUT2D eigenvalue weighted by molar-refractivity contribution is 6.33. The molecule has 1 unspecified atom stereocenters. The lowest BCUT2D eigenvalue weighted by molar-refractivity contribution is -0.384. The minimum Gasteiger partial charge on any atom is -0.349 e.